The predicted molar refractivity (Wildman–Crippen MR) is 81.4 cm³/mol. The second-order valence-electron chi connectivity index (χ2n) is 5.22. The van der Waals surface area contributed by atoms with E-state index in [-0.39, 0.29) is 5.91 Å². The summed E-state index contributed by atoms with van der Waals surface area (Å²) in [5.74, 6) is 0.761. The van der Waals surface area contributed by atoms with Crippen molar-refractivity contribution in [1.29, 1.82) is 0 Å². The lowest BCUT2D eigenvalue weighted by atomic mass is 10.1. The number of nitrogens with one attached hydrogen (secondary N) is 2. The lowest BCUT2D eigenvalue weighted by Crippen LogP contribution is -2.27. The summed E-state index contributed by atoms with van der Waals surface area (Å²) < 4.78 is 0. The molecule has 3 heteroatoms. The summed E-state index contributed by atoms with van der Waals surface area (Å²) in [6.07, 6.45) is 2.57. The number of aryl methyl sites for hydroxylation is 1. The first-order valence-corrected chi connectivity index (χ1v) is 7.22. The summed E-state index contributed by atoms with van der Waals surface area (Å²) in [4.78, 5) is 11.6. The summed E-state index contributed by atoms with van der Waals surface area (Å²) in [6, 6.07) is 8.24. The molecule has 0 aromatic heterocycles. The maximum Gasteiger partial charge on any atom is 0.221 e. The van der Waals surface area contributed by atoms with E-state index in [2.05, 4.69) is 43.5 Å². The maximum absolute atomic E-state index is 11.6. The predicted octanol–water partition coefficient (Wildman–Crippen LogP) is 3.21. The average molecular weight is 262 g/mol. The Morgan fingerprint density at radius 1 is 1.21 bits per heavy atom. The van der Waals surface area contributed by atoms with Gasteiger partial charge in [0.2, 0.25) is 5.91 Å². The second kappa shape index (κ2) is 8.57. The van der Waals surface area contributed by atoms with Crippen LogP contribution in [0, 0.1) is 5.92 Å². The van der Waals surface area contributed by atoms with Gasteiger partial charge in [-0.1, -0.05) is 39.0 Å². The Morgan fingerprint density at radius 2 is 1.95 bits per heavy atom. The Kier molecular flexibility index (Phi) is 7.01. The highest BCUT2D eigenvalue weighted by Gasteiger charge is 2.03. The normalized spacial score (nSPS) is 10.5. The third kappa shape index (κ3) is 6.27. The quantitative estimate of drug-likeness (QED) is 0.755. The van der Waals surface area contributed by atoms with Gasteiger partial charge in [-0.2, -0.15) is 0 Å². The summed E-state index contributed by atoms with van der Waals surface area (Å²) in [7, 11) is 0. The number of hydrogen-bond acceptors (Lipinski definition) is 2. The molecule has 0 saturated carbocycles. The van der Waals surface area contributed by atoms with E-state index in [0.717, 1.165) is 25.1 Å². The molecule has 0 spiro atoms. The molecule has 0 fully saturated rings. The number of benzene rings is 1. The van der Waals surface area contributed by atoms with Crippen LogP contribution in [0.5, 0.6) is 0 Å². The van der Waals surface area contributed by atoms with E-state index in [1.807, 2.05) is 12.1 Å². The van der Waals surface area contributed by atoms with Gasteiger partial charge < -0.3 is 10.6 Å². The van der Waals surface area contributed by atoms with E-state index in [0.29, 0.717) is 18.9 Å². The number of para-hydroxylation sites is 1. The molecule has 106 valence electrons. The number of carbonyl (C=O) groups is 1. The molecule has 0 aliphatic carbocycles. The van der Waals surface area contributed by atoms with Gasteiger partial charge in [-0.25, -0.2) is 0 Å². The number of carbonyl (C=O) groups excluding carboxylic acids is 1. The zero-order chi connectivity index (χ0) is 14.1. The van der Waals surface area contributed by atoms with Crippen molar-refractivity contribution in [3.05, 3.63) is 29.8 Å². The fourth-order valence-electron chi connectivity index (χ4n) is 1.90. The standard InChI is InChI=1S/C16H26N2O/c1-4-14-7-5-6-8-15(14)17-12-10-16(19)18-11-9-13(2)3/h5-8,13,17H,4,9-12H2,1-3H3,(H,18,19). The molecule has 3 nitrogen and oxygen atoms in total. The highest BCUT2D eigenvalue weighted by Crippen LogP contribution is 2.14. The van der Waals surface area contributed by atoms with Gasteiger partial charge in [-0.15, -0.1) is 0 Å². The Morgan fingerprint density at radius 3 is 2.63 bits per heavy atom. The van der Waals surface area contributed by atoms with Crippen molar-refractivity contribution in [1.82, 2.24) is 5.32 Å². The van der Waals surface area contributed by atoms with E-state index < -0.39 is 0 Å². The first-order chi connectivity index (χ1) is 9.13. The molecule has 1 aromatic rings. The maximum atomic E-state index is 11.6. The van der Waals surface area contributed by atoms with Crippen LogP contribution in [0.2, 0.25) is 0 Å². The SMILES string of the molecule is CCc1ccccc1NCCC(=O)NCCC(C)C. The van der Waals surface area contributed by atoms with E-state index in [9.17, 15) is 4.79 Å². The minimum absolute atomic E-state index is 0.127. The molecule has 0 unspecified atom stereocenters. The van der Waals surface area contributed by atoms with E-state index in [4.69, 9.17) is 0 Å². The van der Waals surface area contributed by atoms with Crippen molar-refractivity contribution in [3.63, 3.8) is 0 Å². The van der Waals surface area contributed by atoms with Crippen LogP contribution >= 0.6 is 0 Å². The Hall–Kier alpha value is -1.51. The summed E-state index contributed by atoms with van der Waals surface area (Å²) in [5, 5.41) is 6.28. The first-order valence-electron chi connectivity index (χ1n) is 7.22. The van der Waals surface area contributed by atoms with Crippen LogP contribution in [-0.4, -0.2) is 19.0 Å². The van der Waals surface area contributed by atoms with E-state index in [1.165, 1.54) is 5.56 Å². The van der Waals surface area contributed by atoms with Crippen LogP contribution in [0.25, 0.3) is 0 Å². The fraction of sp³-hybridized carbons (Fsp3) is 0.562. The molecular formula is C16H26N2O. The molecule has 1 amide bonds. The molecule has 0 heterocycles. The molecule has 0 saturated heterocycles. The van der Waals surface area contributed by atoms with Crippen molar-refractivity contribution >= 4 is 11.6 Å². The Labute approximate surface area is 116 Å². The number of anilines is 1. The third-order valence-corrected chi connectivity index (χ3v) is 3.11. The van der Waals surface area contributed by atoms with Crippen LogP contribution in [0.1, 0.15) is 39.2 Å². The topological polar surface area (TPSA) is 41.1 Å². The number of rotatable bonds is 8. The molecule has 2 N–H and O–H groups in total. The second-order valence-corrected chi connectivity index (χ2v) is 5.22. The average Bonchev–Trinajstić information content (AvgIpc) is 2.39. The molecule has 1 aromatic carbocycles. The van der Waals surface area contributed by atoms with Crippen LogP contribution in [-0.2, 0) is 11.2 Å². The van der Waals surface area contributed by atoms with Crippen molar-refractivity contribution in [3.8, 4) is 0 Å². The smallest absolute Gasteiger partial charge is 0.221 e. The van der Waals surface area contributed by atoms with Crippen molar-refractivity contribution in [2.45, 2.75) is 40.0 Å². The number of amides is 1. The summed E-state index contributed by atoms with van der Waals surface area (Å²) >= 11 is 0. The van der Waals surface area contributed by atoms with Gasteiger partial charge in [-0.3, -0.25) is 4.79 Å². The fourth-order valence-corrected chi connectivity index (χ4v) is 1.90. The van der Waals surface area contributed by atoms with Gasteiger partial charge in [0, 0.05) is 25.2 Å². The van der Waals surface area contributed by atoms with Crippen LogP contribution in [0.3, 0.4) is 0 Å². The van der Waals surface area contributed by atoms with Gasteiger partial charge in [0.15, 0.2) is 0 Å². The van der Waals surface area contributed by atoms with Crippen LogP contribution in [0.4, 0.5) is 5.69 Å². The molecular weight excluding hydrogens is 236 g/mol. The molecule has 0 aliphatic rings. The lowest BCUT2D eigenvalue weighted by Gasteiger charge is -2.11. The molecule has 19 heavy (non-hydrogen) atoms. The summed E-state index contributed by atoms with van der Waals surface area (Å²) in [6.45, 7) is 7.93. The highest BCUT2D eigenvalue weighted by atomic mass is 16.1. The van der Waals surface area contributed by atoms with Crippen molar-refractivity contribution in [2.75, 3.05) is 18.4 Å². The first kappa shape index (κ1) is 15.5. The van der Waals surface area contributed by atoms with Gasteiger partial charge in [0.25, 0.3) is 0 Å². The Bertz CT molecular complexity index is 388. The molecule has 0 bridgehead atoms. The highest BCUT2D eigenvalue weighted by molar-refractivity contribution is 5.76. The Balaban J connectivity index is 2.24. The molecule has 0 aliphatic heterocycles. The minimum Gasteiger partial charge on any atom is -0.384 e. The number of hydrogen-bond donors (Lipinski definition) is 2. The monoisotopic (exact) mass is 262 g/mol. The molecule has 1 rings (SSSR count). The van der Waals surface area contributed by atoms with E-state index in [1.54, 1.807) is 0 Å². The summed E-state index contributed by atoms with van der Waals surface area (Å²) in [5.41, 5.74) is 2.43. The van der Waals surface area contributed by atoms with Crippen molar-refractivity contribution in [2.24, 2.45) is 5.92 Å². The zero-order valence-corrected chi connectivity index (χ0v) is 12.3. The van der Waals surface area contributed by atoms with Crippen LogP contribution < -0.4 is 10.6 Å². The molecule has 0 radical (unpaired) electrons. The van der Waals surface area contributed by atoms with Crippen LogP contribution in [0.15, 0.2) is 24.3 Å². The zero-order valence-electron chi connectivity index (χ0n) is 12.3. The third-order valence-electron chi connectivity index (χ3n) is 3.11. The minimum atomic E-state index is 0.127. The van der Waals surface area contributed by atoms with Gasteiger partial charge in [0.05, 0.1) is 0 Å². The van der Waals surface area contributed by atoms with Gasteiger partial charge >= 0.3 is 0 Å². The van der Waals surface area contributed by atoms with Gasteiger partial charge in [0.1, 0.15) is 0 Å². The lowest BCUT2D eigenvalue weighted by molar-refractivity contribution is -0.120. The van der Waals surface area contributed by atoms with E-state index >= 15 is 0 Å². The largest absolute Gasteiger partial charge is 0.384 e. The van der Waals surface area contributed by atoms with Gasteiger partial charge in [-0.05, 0) is 30.4 Å². The van der Waals surface area contributed by atoms with Crippen molar-refractivity contribution < 1.29 is 4.79 Å². The molecule has 0 atom stereocenters.